The summed E-state index contributed by atoms with van der Waals surface area (Å²) < 4.78 is 4.78. The van der Waals surface area contributed by atoms with Crippen molar-refractivity contribution in [2.24, 2.45) is 5.73 Å². The number of carbonyl (C=O) groups is 2. The van der Waals surface area contributed by atoms with Crippen LogP contribution in [0.15, 0.2) is 66.7 Å². The molecule has 0 spiro atoms. The summed E-state index contributed by atoms with van der Waals surface area (Å²) in [7, 11) is 2.84. The van der Waals surface area contributed by atoms with Crippen molar-refractivity contribution in [3.8, 4) is 11.1 Å². The number of hydrogen-bond donors (Lipinski definition) is 1. The summed E-state index contributed by atoms with van der Waals surface area (Å²) in [4.78, 5) is 36.4. The molecule has 0 fully saturated rings. The van der Waals surface area contributed by atoms with Crippen molar-refractivity contribution in [2.75, 3.05) is 19.1 Å². The van der Waals surface area contributed by atoms with Crippen LogP contribution in [-0.2, 0) is 4.74 Å². The van der Waals surface area contributed by atoms with Crippen LogP contribution >= 0.6 is 0 Å². The van der Waals surface area contributed by atoms with Crippen molar-refractivity contribution in [2.45, 2.75) is 0 Å². The molecule has 152 valence electrons. The third-order valence-electron chi connectivity index (χ3n) is 4.71. The van der Waals surface area contributed by atoms with Gasteiger partial charge < -0.3 is 15.4 Å². The molecule has 2 N–H and O–H groups in total. The highest BCUT2D eigenvalue weighted by atomic mass is 16.6. The minimum atomic E-state index is -0.674. The van der Waals surface area contributed by atoms with Crippen molar-refractivity contribution in [3.63, 3.8) is 0 Å². The predicted molar refractivity (Wildman–Crippen MR) is 113 cm³/mol. The standard InChI is InChI=1S/C22H19N3O5/c1-24(20-18(22(27)30-2)8-5-9-19(20)25(28)29)15-12-10-14(11-13-15)16-6-3-4-7-17(16)21(23)26/h3-13H,1-2H3,(H2,23,26). The zero-order valence-corrected chi connectivity index (χ0v) is 16.4. The van der Waals surface area contributed by atoms with Gasteiger partial charge in [-0.3, -0.25) is 14.9 Å². The smallest absolute Gasteiger partial charge is 0.340 e. The zero-order valence-electron chi connectivity index (χ0n) is 16.4. The fraction of sp³-hybridized carbons (Fsp3) is 0.0909. The highest BCUT2D eigenvalue weighted by molar-refractivity contribution is 6.01. The Bertz CT molecular complexity index is 1130. The van der Waals surface area contributed by atoms with E-state index in [2.05, 4.69) is 0 Å². The first-order valence-corrected chi connectivity index (χ1v) is 8.94. The first-order chi connectivity index (χ1) is 14.3. The molecule has 3 rings (SSSR count). The second kappa shape index (κ2) is 8.44. The van der Waals surface area contributed by atoms with Gasteiger partial charge in [0.05, 0.1) is 17.6 Å². The SMILES string of the molecule is COC(=O)c1cccc([N+](=O)[O-])c1N(C)c1ccc(-c2ccccc2C(N)=O)cc1. The van der Waals surface area contributed by atoms with Gasteiger partial charge >= 0.3 is 5.97 Å². The topological polar surface area (TPSA) is 116 Å². The van der Waals surface area contributed by atoms with Crippen LogP contribution in [-0.4, -0.2) is 31.0 Å². The van der Waals surface area contributed by atoms with Gasteiger partial charge in [0.25, 0.3) is 5.69 Å². The molecule has 0 saturated heterocycles. The van der Waals surface area contributed by atoms with Crippen molar-refractivity contribution in [3.05, 3.63) is 88.0 Å². The summed E-state index contributed by atoms with van der Waals surface area (Å²) in [5.41, 5.74) is 7.88. The number of hydrogen-bond acceptors (Lipinski definition) is 6. The molecule has 0 aliphatic carbocycles. The van der Waals surface area contributed by atoms with Crippen LogP contribution in [0.4, 0.5) is 17.1 Å². The Morgan fingerprint density at radius 2 is 1.60 bits per heavy atom. The highest BCUT2D eigenvalue weighted by Gasteiger charge is 2.26. The maximum absolute atomic E-state index is 12.2. The fourth-order valence-electron chi connectivity index (χ4n) is 3.25. The molecule has 0 heterocycles. The van der Waals surface area contributed by atoms with E-state index in [4.69, 9.17) is 10.5 Å². The Morgan fingerprint density at radius 3 is 2.20 bits per heavy atom. The van der Waals surface area contributed by atoms with E-state index in [1.165, 1.54) is 25.3 Å². The van der Waals surface area contributed by atoms with Crippen LogP contribution in [0.5, 0.6) is 0 Å². The van der Waals surface area contributed by atoms with Gasteiger partial charge in [0.15, 0.2) is 0 Å². The molecule has 30 heavy (non-hydrogen) atoms. The van der Waals surface area contributed by atoms with Crippen LogP contribution < -0.4 is 10.6 Å². The van der Waals surface area contributed by atoms with Crippen molar-refractivity contribution < 1.29 is 19.2 Å². The number of nitro benzene ring substituents is 1. The molecule has 8 nitrogen and oxygen atoms in total. The Labute approximate surface area is 172 Å². The molecule has 0 aliphatic heterocycles. The second-order valence-electron chi connectivity index (χ2n) is 6.44. The molecule has 3 aromatic rings. The van der Waals surface area contributed by atoms with Gasteiger partial charge in [-0.25, -0.2) is 4.79 Å². The molecule has 8 heteroatoms. The average molecular weight is 405 g/mol. The number of esters is 1. The van der Waals surface area contributed by atoms with Gasteiger partial charge in [-0.15, -0.1) is 0 Å². The Balaban J connectivity index is 2.06. The highest BCUT2D eigenvalue weighted by Crippen LogP contribution is 2.37. The van der Waals surface area contributed by atoms with E-state index in [1.54, 1.807) is 60.5 Å². The van der Waals surface area contributed by atoms with Crippen molar-refractivity contribution in [1.29, 1.82) is 0 Å². The number of para-hydroxylation sites is 1. The first kappa shape index (κ1) is 20.5. The summed E-state index contributed by atoms with van der Waals surface area (Å²) in [6.45, 7) is 0. The number of methoxy groups -OCH3 is 1. The minimum Gasteiger partial charge on any atom is -0.465 e. The number of carbonyl (C=O) groups excluding carboxylic acids is 2. The van der Waals surface area contributed by atoms with Crippen LogP contribution in [0.3, 0.4) is 0 Å². The Kier molecular flexibility index (Phi) is 5.78. The molecule has 0 aromatic heterocycles. The lowest BCUT2D eigenvalue weighted by Gasteiger charge is -2.22. The van der Waals surface area contributed by atoms with Crippen molar-refractivity contribution >= 4 is 28.9 Å². The number of nitro groups is 1. The lowest BCUT2D eigenvalue weighted by atomic mass is 9.99. The average Bonchev–Trinajstić information content (AvgIpc) is 2.77. The lowest BCUT2D eigenvalue weighted by Crippen LogP contribution is -2.17. The normalized spacial score (nSPS) is 10.3. The number of ether oxygens (including phenoxy) is 1. The summed E-state index contributed by atoms with van der Waals surface area (Å²) in [6, 6.07) is 18.2. The Hall–Kier alpha value is -4.20. The number of rotatable bonds is 6. The number of nitrogens with two attached hydrogens (primary N) is 1. The van der Waals surface area contributed by atoms with Gasteiger partial charge in [-0.1, -0.05) is 36.4 Å². The number of nitrogens with zero attached hydrogens (tertiary/aromatic N) is 2. The van der Waals surface area contributed by atoms with Crippen LogP contribution in [0, 0.1) is 10.1 Å². The van der Waals surface area contributed by atoms with E-state index in [9.17, 15) is 19.7 Å². The third kappa shape index (κ3) is 3.83. The van der Waals surface area contributed by atoms with Crippen molar-refractivity contribution in [1.82, 2.24) is 0 Å². The zero-order chi connectivity index (χ0) is 21.8. The van der Waals surface area contributed by atoms with Gasteiger partial charge in [0.2, 0.25) is 5.91 Å². The van der Waals surface area contributed by atoms with Crippen LogP contribution in [0.25, 0.3) is 11.1 Å². The first-order valence-electron chi connectivity index (χ1n) is 8.94. The van der Waals surface area contributed by atoms with Gasteiger partial charge in [-0.2, -0.15) is 0 Å². The minimum absolute atomic E-state index is 0.0809. The summed E-state index contributed by atoms with van der Waals surface area (Å²) in [5.74, 6) is -1.21. The summed E-state index contributed by atoms with van der Waals surface area (Å²) >= 11 is 0. The summed E-state index contributed by atoms with van der Waals surface area (Å²) in [5, 5.41) is 11.5. The van der Waals surface area contributed by atoms with E-state index in [-0.39, 0.29) is 16.9 Å². The fourth-order valence-corrected chi connectivity index (χ4v) is 3.25. The number of primary amides is 1. The predicted octanol–water partition coefficient (Wildman–Crippen LogP) is 3.92. The molecule has 0 radical (unpaired) electrons. The summed E-state index contributed by atoms with van der Waals surface area (Å²) in [6.07, 6.45) is 0. The Morgan fingerprint density at radius 1 is 0.967 bits per heavy atom. The van der Waals surface area contributed by atoms with Crippen LogP contribution in [0.2, 0.25) is 0 Å². The molecule has 0 saturated carbocycles. The van der Waals surface area contributed by atoms with Gasteiger partial charge in [0, 0.05) is 24.4 Å². The second-order valence-corrected chi connectivity index (χ2v) is 6.44. The molecule has 0 bridgehead atoms. The maximum Gasteiger partial charge on any atom is 0.340 e. The lowest BCUT2D eigenvalue weighted by molar-refractivity contribution is -0.384. The number of anilines is 2. The quantitative estimate of drug-likeness (QED) is 0.378. The molecule has 1 amide bonds. The molecule has 0 atom stereocenters. The van der Waals surface area contributed by atoms with Crippen LogP contribution in [0.1, 0.15) is 20.7 Å². The van der Waals surface area contributed by atoms with E-state index in [1.807, 2.05) is 0 Å². The molecule has 0 aliphatic rings. The molecule has 0 unspecified atom stereocenters. The van der Waals surface area contributed by atoms with Gasteiger partial charge in [-0.05, 0) is 35.4 Å². The largest absolute Gasteiger partial charge is 0.465 e. The third-order valence-corrected chi connectivity index (χ3v) is 4.71. The number of amides is 1. The van der Waals surface area contributed by atoms with E-state index >= 15 is 0 Å². The number of benzene rings is 3. The molecular weight excluding hydrogens is 386 g/mol. The maximum atomic E-state index is 12.2. The van der Waals surface area contributed by atoms with E-state index < -0.39 is 16.8 Å². The monoisotopic (exact) mass is 405 g/mol. The van der Waals surface area contributed by atoms with Gasteiger partial charge in [0.1, 0.15) is 5.69 Å². The molecule has 3 aromatic carbocycles. The van der Waals surface area contributed by atoms with E-state index in [0.29, 0.717) is 16.8 Å². The van der Waals surface area contributed by atoms with E-state index in [0.717, 1.165) is 5.56 Å². The molecular formula is C22H19N3O5.